The maximum Gasteiger partial charge on any atom is 0.416 e. The van der Waals surface area contributed by atoms with Crippen LogP contribution in [0.25, 0.3) is 0 Å². The summed E-state index contributed by atoms with van der Waals surface area (Å²) in [5.74, 6) is -0.0444. The Bertz CT molecular complexity index is 890. The van der Waals surface area contributed by atoms with Crippen molar-refractivity contribution in [2.45, 2.75) is 25.8 Å². The second-order valence-electron chi connectivity index (χ2n) is 7.40. The van der Waals surface area contributed by atoms with Crippen LogP contribution < -0.4 is 10.6 Å². The van der Waals surface area contributed by atoms with Gasteiger partial charge in [-0.25, -0.2) is 0 Å². The van der Waals surface area contributed by atoms with Crippen LogP contribution in [-0.4, -0.2) is 19.0 Å². The van der Waals surface area contributed by atoms with Crippen molar-refractivity contribution in [2.75, 3.05) is 14.1 Å². The van der Waals surface area contributed by atoms with Gasteiger partial charge in [-0.15, -0.1) is 0 Å². The molecular formula is C24H25F3NP. The lowest BCUT2D eigenvalue weighted by Gasteiger charge is -2.36. The zero-order chi connectivity index (χ0) is 21.2. The molecule has 0 saturated heterocycles. The molecule has 152 valence electrons. The van der Waals surface area contributed by atoms with Gasteiger partial charge in [0.2, 0.25) is 0 Å². The molecule has 1 unspecified atom stereocenters. The molecule has 0 aliphatic carbocycles. The molecule has 0 amide bonds. The van der Waals surface area contributed by atoms with Crippen LogP contribution in [0, 0.1) is 13.8 Å². The number of aryl methyl sites for hydroxylation is 2. The van der Waals surface area contributed by atoms with Gasteiger partial charge in [0, 0.05) is 0 Å². The molecule has 0 N–H and O–H groups in total. The van der Waals surface area contributed by atoms with Crippen LogP contribution in [0.3, 0.4) is 0 Å². The van der Waals surface area contributed by atoms with E-state index in [0.717, 1.165) is 5.56 Å². The first kappa shape index (κ1) is 21.5. The predicted octanol–water partition coefficient (Wildman–Crippen LogP) is 6.02. The van der Waals surface area contributed by atoms with Crippen molar-refractivity contribution in [3.8, 4) is 0 Å². The van der Waals surface area contributed by atoms with Crippen molar-refractivity contribution in [3.63, 3.8) is 0 Å². The summed E-state index contributed by atoms with van der Waals surface area (Å²) in [7, 11) is 3.15. The van der Waals surface area contributed by atoms with Crippen molar-refractivity contribution >= 4 is 18.5 Å². The van der Waals surface area contributed by atoms with Gasteiger partial charge in [-0.1, -0.05) is 60.7 Å². The van der Waals surface area contributed by atoms with Crippen LogP contribution in [0.2, 0.25) is 0 Å². The van der Waals surface area contributed by atoms with Gasteiger partial charge >= 0.3 is 6.18 Å². The van der Waals surface area contributed by atoms with Crippen LogP contribution in [0.5, 0.6) is 0 Å². The third-order valence-corrected chi connectivity index (χ3v) is 7.90. The van der Waals surface area contributed by atoms with Crippen LogP contribution in [0.15, 0.2) is 72.8 Å². The molecule has 0 bridgehead atoms. The molecule has 3 rings (SSSR count). The van der Waals surface area contributed by atoms with E-state index in [1.165, 1.54) is 22.7 Å². The Kier molecular flexibility index (Phi) is 6.45. The van der Waals surface area contributed by atoms with Gasteiger partial charge in [0.15, 0.2) is 0 Å². The maximum atomic E-state index is 13.3. The molecule has 5 heteroatoms. The number of rotatable bonds is 5. The molecule has 0 aliphatic rings. The minimum atomic E-state index is -4.34. The molecule has 1 nitrogen and oxygen atoms in total. The van der Waals surface area contributed by atoms with Gasteiger partial charge < -0.3 is 0 Å². The smallest absolute Gasteiger partial charge is 0.298 e. The molecule has 0 heterocycles. The topological polar surface area (TPSA) is 3.24 Å². The van der Waals surface area contributed by atoms with Crippen molar-refractivity contribution in [3.05, 3.63) is 95.1 Å². The minimum Gasteiger partial charge on any atom is -0.298 e. The Hall–Kier alpha value is -2.16. The zero-order valence-electron chi connectivity index (χ0n) is 17.0. The first-order chi connectivity index (χ1) is 13.7. The highest BCUT2D eigenvalue weighted by Crippen LogP contribution is 2.52. The lowest BCUT2D eigenvalue weighted by atomic mass is 9.98. The molecule has 0 aromatic heterocycles. The molecular weight excluding hydrogens is 390 g/mol. The molecule has 3 aromatic carbocycles. The fourth-order valence-corrected chi connectivity index (χ4v) is 6.75. The molecule has 0 radical (unpaired) electrons. The summed E-state index contributed by atoms with van der Waals surface area (Å²) in [6.07, 6.45) is -4.34. The van der Waals surface area contributed by atoms with E-state index < -0.39 is 19.7 Å². The van der Waals surface area contributed by atoms with Gasteiger partial charge in [-0.05, 0) is 75.3 Å². The van der Waals surface area contributed by atoms with E-state index in [2.05, 4.69) is 29.2 Å². The maximum absolute atomic E-state index is 13.3. The van der Waals surface area contributed by atoms with E-state index in [1.54, 1.807) is 13.8 Å². The molecule has 0 aliphatic heterocycles. The first-order valence-corrected chi connectivity index (χ1v) is 10.9. The fraction of sp³-hybridized carbons (Fsp3) is 0.250. The average molecular weight is 415 g/mol. The third-order valence-electron chi connectivity index (χ3n) is 4.98. The van der Waals surface area contributed by atoms with Crippen LogP contribution in [0.4, 0.5) is 13.2 Å². The van der Waals surface area contributed by atoms with Gasteiger partial charge in [0.1, 0.15) is 0 Å². The molecule has 3 aromatic rings. The number of alkyl halides is 3. The summed E-state index contributed by atoms with van der Waals surface area (Å²) in [4.78, 5) is 2.13. The van der Waals surface area contributed by atoms with Crippen molar-refractivity contribution < 1.29 is 13.2 Å². The third kappa shape index (κ3) is 4.71. The monoisotopic (exact) mass is 415 g/mol. The Balaban J connectivity index is 2.22. The van der Waals surface area contributed by atoms with Gasteiger partial charge in [-0.2, -0.15) is 13.2 Å². The number of nitrogens with zero attached hydrogens (tertiary/aromatic N) is 1. The number of benzene rings is 3. The van der Waals surface area contributed by atoms with Gasteiger partial charge in [-0.3, -0.25) is 4.90 Å². The quantitative estimate of drug-likeness (QED) is 0.461. The molecule has 0 spiro atoms. The van der Waals surface area contributed by atoms with Crippen molar-refractivity contribution in [1.82, 2.24) is 4.90 Å². The minimum absolute atomic E-state index is 0.0444. The fourth-order valence-electron chi connectivity index (χ4n) is 3.77. The molecule has 0 saturated carbocycles. The second kappa shape index (κ2) is 8.69. The van der Waals surface area contributed by atoms with Crippen LogP contribution in [0.1, 0.15) is 28.0 Å². The lowest BCUT2D eigenvalue weighted by Crippen LogP contribution is -2.28. The van der Waals surface area contributed by atoms with E-state index in [9.17, 15) is 13.2 Å². The zero-order valence-corrected chi connectivity index (χ0v) is 17.9. The highest BCUT2D eigenvalue weighted by molar-refractivity contribution is 7.73. The van der Waals surface area contributed by atoms with Crippen LogP contribution in [-0.2, 0) is 6.18 Å². The summed E-state index contributed by atoms with van der Waals surface area (Å²) in [6, 6.07) is 23.1. The van der Waals surface area contributed by atoms with E-state index in [-0.39, 0.29) is 5.78 Å². The van der Waals surface area contributed by atoms with E-state index >= 15 is 0 Å². The van der Waals surface area contributed by atoms with Crippen LogP contribution >= 0.6 is 7.92 Å². The average Bonchev–Trinajstić information content (AvgIpc) is 2.67. The molecule has 0 fully saturated rings. The molecule has 29 heavy (non-hydrogen) atoms. The Morgan fingerprint density at radius 2 is 1.17 bits per heavy atom. The normalized spacial score (nSPS) is 13.1. The predicted molar refractivity (Wildman–Crippen MR) is 116 cm³/mol. The summed E-state index contributed by atoms with van der Waals surface area (Å²) < 4.78 is 40.0. The Morgan fingerprint density at radius 1 is 0.759 bits per heavy atom. The van der Waals surface area contributed by atoms with Crippen molar-refractivity contribution in [1.29, 1.82) is 0 Å². The number of hydrogen-bond acceptors (Lipinski definition) is 1. The van der Waals surface area contributed by atoms with E-state index in [4.69, 9.17) is 0 Å². The van der Waals surface area contributed by atoms with Gasteiger partial charge in [0.25, 0.3) is 0 Å². The SMILES string of the molecule is Cc1cc(C(F)(F)F)cc(C)c1C(N(C)C)P(c1ccccc1)c1ccccc1. The van der Waals surface area contributed by atoms with Crippen molar-refractivity contribution in [2.24, 2.45) is 0 Å². The first-order valence-electron chi connectivity index (χ1n) is 9.44. The summed E-state index contributed by atoms with van der Waals surface area (Å²) in [5.41, 5.74) is 1.74. The Labute approximate surface area is 171 Å². The highest BCUT2D eigenvalue weighted by Gasteiger charge is 2.34. The van der Waals surface area contributed by atoms with Gasteiger partial charge in [0.05, 0.1) is 11.3 Å². The largest absolute Gasteiger partial charge is 0.416 e. The molecule has 1 atom stereocenters. The summed E-state index contributed by atoms with van der Waals surface area (Å²) >= 11 is 0. The summed E-state index contributed by atoms with van der Waals surface area (Å²) in [5, 5.41) is 2.40. The second-order valence-corrected chi connectivity index (χ2v) is 9.66. The standard InChI is InChI=1S/C24H25F3NP/c1-17-15-19(24(25,26)27)16-18(2)22(17)23(28(3)4)29(20-11-7-5-8-12-20)21-13-9-6-10-14-21/h5-16,23H,1-4H3. The lowest BCUT2D eigenvalue weighted by molar-refractivity contribution is -0.137. The van der Waals surface area contributed by atoms with E-state index in [0.29, 0.717) is 11.1 Å². The highest BCUT2D eigenvalue weighted by atomic mass is 31.1. The van der Waals surface area contributed by atoms with E-state index in [1.807, 2.05) is 50.5 Å². The number of halogens is 3. The number of hydrogen-bond donors (Lipinski definition) is 0. The Morgan fingerprint density at radius 3 is 1.52 bits per heavy atom. The summed E-state index contributed by atoms with van der Waals surface area (Å²) in [6.45, 7) is 3.58.